The van der Waals surface area contributed by atoms with E-state index in [2.05, 4.69) is 25.6 Å². The molecule has 7 heteroatoms. The molecule has 1 heterocycles. The number of sulfonamides is 1. The average molecular weight is 290 g/mol. The van der Waals surface area contributed by atoms with Crippen LogP contribution in [0.3, 0.4) is 0 Å². The van der Waals surface area contributed by atoms with Gasteiger partial charge >= 0.3 is 0 Å². The number of nitriles is 1. The van der Waals surface area contributed by atoms with Gasteiger partial charge in [0.1, 0.15) is 0 Å². The molecule has 0 fully saturated rings. The SMILES string of the molecule is CC(C#N)S(=O)(=O)Nc1cncc(Br)c1. The molecule has 1 unspecified atom stereocenters. The van der Waals surface area contributed by atoms with E-state index in [9.17, 15) is 8.42 Å². The predicted molar refractivity (Wildman–Crippen MR) is 59.6 cm³/mol. The predicted octanol–water partition coefficient (Wildman–Crippen LogP) is 1.50. The van der Waals surface area contributed by atoms with Gasteiger partial charge in [-0.05, 0) is 28.9 Å². The molecule has 0 radical (unpaired) electrons. The number of aromatic nitrogens is 1. The minimum Gasteiger partial charge on any atom is -0.281 e. The summed E-state index contributed by atoms with van der Waals surface area (Å²) in [5.41, 5.74) is 0.325. The van der Waals surface area contributed by atoms with Crippen LogP contribution in [-0.4, -0.2) is 18.7 Å². The second-order valence-corrected chi connectivity index (χ2v) is 5.73. The fourth-order valence-corrected chi connectivity index (χ4v) is 1.91. The van der Waals surface area contributed by atoms with Gasteiger partial charge in [-0.2, -0.15) is 5.26 Å². The normalized spacial score (nSPS) is 12.9. The van der Waals surface area contributed by atoms with Crippen molar-refractivity contribution in [1.29, 1.82) is 5.26 Å². The fourth-order valence-electron chi connectivity index (χ4n) is 0.790. The Balaban J connectivity index is 2.93. The lowest BCUT2D eigenvalue weighted by atomic mass is 10.4. The molecular formula is C8H8BrN3O2S. The highest BCUT2D eigenvalue weighted by Gasteiger charge is 2.19. The Kier molecular flexibility index (Phi) is 3.66. The molecule has 0 aliphatic heterocycles. The summed E-state index contributed by atoms with van der Waals surface area (Å²) in [7, 11) is -3.65. The molecule has 0 bridgehead atoms. The number of nitrogens with zero attached hydrogens (tertiary/aromatic N) is 2. The zero-order chi connectivity index (χ0) is 11.5. The molecule has 1 aromatic heterocycles. The third-order valence-electron chi connectivity index (χ3n) is 1.61. The topological polar surface area (TPSA) is 82.8 Å². The highest BCUT2D eigenvalue weighted by Crippen LogP contribution is 2.15. The van der Waals surface area contributed by atoms with Gasteiger partial charge in [-0.1, -0.05) is 0 Å². The van der Waals surface area contributed by atoms with Gasteiger partial charge in [-0.3, -0.25) is 9.71 Å². The molecule has 1 N–H and O–H groups in total. The Hall–Kier alpha value is -1.13. The Morgan fingerprint density at radius 1 is 1.60 bits per heavy atom. The molecule has 0 aromatic carbocycles. The van der Waals surface area contributed by atoms with E-state index in [4.69, 9.17) is 5.26 Å². The molecular weight excluding hydrogens is 282 g/mol. The van der Waals surface area contributed by atoms with Gasteiger partial charge in [-0.15, -0.1) is 0 Å². The van der Waals surface area contributed by atoms with Crippen LogP contribution in [0.1, 0.15) is 6.92 Å². The second-order valence-electron chi connectivity index (χ2n) is 2.81. The maximum absolute atomic E-state index is 11.5. The first-order chi connectivity index (χ1) is 6.95. The van der Waals surface area contributed by atoms with Crippen LogP contribution in [0, 0.1) is 11.3 Å². The van der Waals surface area contributed by atoms with Gasteiger partial charge in [0.2, 0.25) is 10.0 Å². The molecule has 0 saturated carbocycles. The van der Waals surface area contributed by atoms with Crippen molar-refractivity contribution >= 4 is 31.6 Å². The summed E-state index contributed by atoms with van der Waals surface area (Å²) in [6, 6.07) is 3.22. The molecule has 0 aliphatic carbocycles. The molecule has 1 atom stereocenters. The number of halogens is 1. The van der Waals surface area contributed by atoms with E-state index in [0.29, 0.717) is 10.2 Å². The summed E-state index contributed by atoms with van der Waals surface area (Å²) in [6.07, 6.45) is 2.90. The quantitative estimate of drug-likeness (QED) is 0.914. The fraction of sp³-hybridized carbons (Fsp3) is 0.250. The van der Waals surface area contributed by atoms with Crippen LogP contribution >= 0.6 is 15.9 Å². The summed E-state index contributed by atoms with van der Waals surface area (Å²) >= 11 is 3.16. The van der Waals surface area contributed by atoms with Gasteiger partial charge in [0.25, 0.3) is 0 Å². The third-order valence-corrected chi connectivity index (χ3v) is 3.60. The maximum Gasteiger partial charge on any atom is 0.248 e. The highest BCUT2D eigenvalue weighted by atomic mass is 79.9. The van der Waals surface area contributed by atoms with E-state index < -0.39 is 15.3 Å². The van der Waals surface area contributed by atoms with Crippen LogP contribution in [-0.2, 0) is 10.0 Å². The van der Waals surface area contributed by atoms with Gasteiger partial charge in [-0.25, -0.2) is 8.42 Å². The Labute approximate surface area is 96.3 Å². The summed E-state index contributed by atoms with van der Waals surface area (Å²) in [5.74, 6) is 0. The van der Waals surface area contributed by atoms with Crippen molar-refractivity contribution in [2.45, 2.75) is 12.2 Å². The Morgan fingerprint density at radius 3 is 2.80 bits per heavy atom. The molecule has 1 rings (SSSR count). The standard InChI is InChI=1S/C8H8BrN3O2S/c1-6(3-10)15(13,14)12-8-2-7(9)4-11-5-8/h2,4-6,12H,1H3. The lowest BCUT2D eigenvalue weighted by molar-refractivity contribution is 0.597. The minimum absolute atomic E-state index is 0.325. The molecule has 1 aromatic rings. The largest absolute Gasteiger partial charge is 0.281 e. The van der Waals surface area contributed by atoms with E-state index in [-0.39, 0.29) is 0 Å². The molecule has 80 valence electrons. The first kappa shape index (κ1) is 11.9. The van der Waals surface area contributed by atoms with E-state index >= 15 is 0 Å². The number of hydrogen-bond acceptors (Lipinski definition) is 4. The van der Waals surface area contributed by atoms with Crippen LogP contribution in [0.15, 0.2) is 22.9 Å². The van der Waals surface area contributed by atoms with Crippen molar-refractivity contribution in [1.82, 2.24) is 4.98 Å². The molecule has 0 amide bonds. The number of anilines is 1. The average Bonchev–Trinajstić information content (AvgIpc) is 2.15. The van der Waals surface area contributed by atoms with Gasteiger partial charge in [0.05, 0.1) is 18.0 Å². The molecule has 5 nitrogen and oxygen atoms in total. The highest BCUT2D eigenvalue weighted by molar-refractivity contribution is 9.10. The lowest BCUT2D eigenvalue weighted by Crippen LogP contribution is -2.23. The van der Waals surface area contributed by atoms with Crippen molar-refractivity contribution in [3.63, 3.8) is 0 Å². The van der Waals surface area contributed by atoms with Crippen LogP contribution in [0.25, 0.3) is 0 Å². The molecule has 0 spiro atoms. The van der Waals surface area contributed by atoms with E-state index in [1.165, 1.54) is 19.3 Å². The summed E-state index contributed by atoms with van der Waals surface area (Å²) < 4.78 is 25.9. The van der Waals surface area contributed by atoms with Crippen LogP contribution < -0.4 is 4.72 Å². The van der Waals surface area contributed by atoms with Crippen molar-refractivity contribution in [3.8, 4) is 6.07 Å². The van der Waals surface area contributed by atoms with Crippen LogP contribution in [0.4, 0.5) is 5.69 Å². The van der Waals surface area contributed by atoms with E-state index in [0.717, 1.165) is 0 Å². The number of pyridine rings is 1. The summed E-state index contributed by atoms with van der Waals surface area (Å²) in [6.45, 7) is 1.31. The zero-order valence-electron chi connectivity index (χ0n) is 7.81. The van der Waals surface area contributed by atoms with Gasteiger partial charge in [0.15, 0.2) is 5.25 Å². The monoisotopic (exact) mass is 289 g/mol. The molecule has 0 saturated heterocycles. The maximum atomic E-state index is 11.5. The second kappa shape index (κ2) is 4.59. The van der Waals surface area contributed by atoms with Crippen LogP contribution in [0.5, 0.6) is 0 Å². The summed E-state index contributed by atoms with van der Waals surface area (Å²) in [5, 5.41) is 7.41. The number of hydrogen-bond donors (Lipinski definition) is 1. The lowest BCUT2D eigenvalue weighted by Gasteiger charge is -2.08. The zero-order valence-corrected chi connectivity index (χ0v) is 10.2. The van der Waals surface area contributed by atoms with E-state index in [1.54, 1.807) is 12.1 Å². The first-order valence-corrected chi connectivity index (χ1v) is 6.31. The van der Waals surface area contributed by atoms with E-state index in [1.807, 2.05) is 0 Å². The van der Waals surface area contributed by atoms with Crippen molar-refractivity contribution in [2.75, 3.05) is 4.72 Å². The van der Waals surface area contributed by atoms with Gasteiger partial charge in [0, 0.05) is 10.7 Å². The number of rotatable bonds is 3. The summed E-state index contributed by atoms with van der Waals surface area (Å²) in [4.78, 5) is 3.80. The number of nitrogens with one attached hydrogen (secondary N) is 1. The van der Waals surface area contributed by atoms with Crippen molar-refractivity contribution < 1.29 is 8.42 Å². The van der Waals surface area contributed by atoms with Crippen LogP contribution in [0.2, 0.25) is 0 Å². The minimum atomic E-state index is -3.65. The van der Waals surface area contributed by atoms with Crippen molar-refractivity contribution in [2.24, 2.45) is 0 Å². The third kappa shape index (κ3) is 3.18. The Morgan fingerprint density at radius 2 is 2.27 bits per heavy atom. The Bertz CT molecular complexity index is 495. The molecule has 0 aliphatic rings. The first-order valence-electron chi connectivity index (χ1n) is 3.97. The van der Waals surface area contributed by atoms with Gasteiger partial charge < -0.3 is 0 Å². The molecule has 15 heavy (non-hydrogen) atoms. The smallest absolute Gasteiger partial charge is 0.248 e. The van der Waals surface area contributed by atoms with Crippen molar-refractivity contribution in [3.05, 3.63) is 22.9 Å².